The Hall–Kier alpha value is -1.36. The van der Waals surface area contributed by atoms with E-state index in [1.807, 2.05) is 5.38 Å². The zero-order valence-electron chi connectivity index (χ0n) is 6.53. The van der Waals surface area contributed by atoms with Crippen molar-refractivity contribution in [3.8, 4) is 0 Å². The number of nitrogens with one attached hydrogen (secondary N) is 1. The summed E-state index contributed by atoms with van der Waals surface area (Å²) in [6.45, 7) is 4.04. The highest BCUT2D eigenvalue weighted by atomic mass is 32.1. The summed E-state index contributed by atoms with van der Waals surface area (Å²) in [4.78, 5) is 7.93. The van der Waals surface area contributed by atoms with Gasteiger partial charge in [-0.15, -0.1) is 17.9 Å². The van der Waals surface area contributed by atoms with Gasteiger partial charge < -0.3 is 11.1 Å². The summed E-state index contributed by atoms with van der Waals surface area (Å²) in [6, 6.07) is 0. The Morgan fingerprint density at radius 3 is 3.33 bits per heavy atom. The quantitative estimate of drug-likeness (QED) is 0.417. The molecule has 0 aromatic carbocycles. The fraction of sp³-hybridized carbons (Fsp3) is 0.143. The molecule has 3 N–H and O–H groups in total. The second-order valence-electron chi connectivity index (χ2n) is 1.98. The van der Waals surface area contributed by atoms with Crippen molar-refractivity contribution in [3.05, 3.63) is 24.2 Å². The molecule has 0 aliphatic rings. The Bertz CT molecular complexity index is 265. The van der Waals surface area contributed by atoms with E-state index in [-0.39, 0.29) is 0 Å². The van der Waals surface area contributed by atoms with Crippen LogP contribution in [-0.4, -0.2) is 17.5 Å². The van der Waals surface area contributed by atoms with Crippen molar-refractivity contribution in [2.24, 2.45) is 10.7 Å². The Morgan fingerprint density at radius 2 is 2.75 bits per heavy atom. The number of hydrogen-bond donors (Lipinski definition) is 2. The molecule has 1 rings (SSSR count). The molecule has 0 bridgehead atoms. The SMILES string of the molecule is C=CCN=C(N)Nc1nccs1. The van der Waals surface area contributed by atoms with Gasteiger partial charge in [0.2, 0.25) is 0 Å². The summed E-state index contributed by atoms with van der Waals surface area (Å²) < 4.78 is 0. The van der Waals surface area contributed by atoms with Crippen LogP contribution in [0.5, 0.6) is 0 Å². The number of aromatic nitrogens is 1. The third kappa shape index (κ3) is 2.71. The average molecular weight is 182 g/mol. The fourth-order valence-corrected chi connectivity index (χ4v) is 1.13. The molecule has 0 atom stereocenters. The lowest BCUT2D eigenvalue weighted by Crippen LogP contribution is -2.22. The Balaban J connectivity index is 2.46. The lowest BCUT2D eigenvalue weighted by Gasteiger charge is -1.98. The highest BCUT2D eigenvalue weighted by Crippen LogP contribution is 2.08. The van der Waals surface area contributed by atoms with Crippen molar-refractivity contribution in [2.75, 3.05) is 11.9 Å². The molecule has 0 fully saturated rings. The lowest BCUT2D eigenvalue weighted by molar-refractivity contribution is 1.22. The van der Waals surface area contributed by atoms with Crippen molar-refractivity contribution in [1.82, 2.24) is 4.98 Å². The van der Waals surface area contributed by atoms with Crippen LogP contribution in [0.1, 0.15) is 0 Å². The highest BCUT2D eigenvalue weighted by molar-refractivity contribution is 7.13. The third-order valence-electron chi connectivity index (χ3n) is 1.06. The van der Waals surface area contributed by atoms with Gasteiger partial charge in [0.15, 0.2) is 11.1 Å². The summed E-state index contributed by atoms with van der Waals surface area (Å²) in [7, 11) is 0. The summed E-state index contributed by atoms with van der Waals surface area (Å²) in [5, 5.41) is 5.46. The second-order valence-corrected chi connectivity index (χ2v) is 2.87. The van der Waals surface area contributed by atoms with Gasteiger partial charge in [-0.05, 0) is 0 Å². The van der Waals surface area contributed by atoms with Gasteiger partial charge in [-0.2, -0.15) is 0 Å². The van der Waals surface area contributed by atoms with Gasteiger partial charge in [0.05, 0.1) is 6.54 Å². The maximum absolute atomic E-state index is 5.51. The van der Waals surface area contributed by atoms with Crippen LogP contribution < -0.4 is 11.1 Å². The van der Waals surface area contributed by atoms with Gasteiger partial charge in [0.25, 0.3) is 0 Å². The summed E-state index contributed by atoms with van der Waals surface area (Å²) in [5.41, 5.74) is 5.51. The minimum atomic E-state index is 0.366. The maximum Gasteiger partial charge on any atom is 0.195 e. The van der Waals surface area contributed by atoms with E-state index < -0.39 is 0 Å². The minimum absolute atomic E-state index is 0.366. The number of thiazole rings is 1. The van der Waals surface area contributed by atoms with Crippen LogP contribution in [0.4, 0.5) is 5.13 Å². The van der Waals surface area contributed by atoms with Gasteiger partial charge in [-0.3, -0.25) is 0 Å². The van der Waals surface area contributed by atoms with E-state index in [4.69, 9.17) is 5.73 Å². The summed E-state index contributed by atoms with van der Waals surface area (Å²) in [6.07, 6.45) is 3.38. The van der Waals surface area contributed by atoms with E-state index in [2.05, 4.69) is 21.9 Å². The third-order valence-corrected chi connectivity index (χ3v) is 1.75. The zero-order valence-corrected chi connectivity index (χ0v) is 7.34. The van der Waals surface area contributed by atoms with Gasteiger partial charge in [-0.25, -0.2) is 9.98 Å². The first-order chi connectivity index (χ1) is 5.83. The number of hydrogen-bond acceptors (Lipinski definition) is 3. The molecule has 0 amide bonds. The lowest BCUT2D eigenvalue weighted by atomic mass is 10.6. The number of rotatable bonds is 3. The van der Waals surface area contributed by atoms with Crippen LogP contribution in [0.15, 0.2) is 29.2 Å². The largest absolute Gasteiger partial charge is 0.370 e. The molecule has 0 aliphatic carbocycles. The molecule has 64 valence electrons. The predicted molar refractivity (Wildman–Crippen MR) is 52.4 cm³/mol. The Kier molecular flexibility index (Phi) is 3.28. The fourth-order valence-electron chi connectivity index (χ4n) is 0.597. The Labute approximate surface area is 74.8 Å². The predicted octanol–water partition coefficient (Wildman–Crippen LogP) is 1.06. The molecule has 0 saturated heterocycles. The molecule has 0 spiro atoms. The van der Waals surface area contributed by atoms with E-state index in [0.717, 1.165) is 5.13 Å². The van der Waals surface area contributed by atoms with Crippen molar-refractivity contribution in [1.29, 1.82) is 0 Å². The number of guanidine groups is 1. The van der Waals surface area contributed by atoms with Crippen LogP contribution >= 0.6 is 11.3 Å². The molecule has 5 heteroatoms. The normalized spacial score (nSPS) is 11.2. The molecule has 0 radical (unpaired) electrons. The number of aliphatic imine (C=N–C) groups is 1. The molecule has 1 aromatic heterocycles. The molecule has 1 heterocycles. The highest BCUT2D eigenvalue weighted by Gasteiger charge is 1.94. The molecule has 4 nitrogen and oxygen atoms in total. The standard InChI is InChI=1S/C7H10N4S/c1-2-3-9-6(8)11-7-10-4-5-12-7/h2,4-5H,1,3H2,(H3,8,9,10,11). The molecular weight excluding hydrogens is 172 g/mol. The summed E-state index contributed by atoms with van der Waals surface area (Å²) in [5.74, 6) is 0.366. The first-order valence-electron chi connectivity index (χ1n) is 3.40. The topological polar surface area (TPSA) is 63.3 Å². The maximum atomic E-state index is 5.51. The average Bonchev–Trinajstić information content (AvgIpc) is 2.53. The minimum Gasteiger partial charge on any atom is -0.370 e. The molecule has 1 aromatic rings. The molecular formula is C7H10N4S. The second kappa shape index (κ2) is 4.50. The number of anilines is 1. The van der Waals surface area contributed by atoms with Gasteiger partial charge in [0.1, 0.15) is 0 Å². The smallest absolute Gasteiger partial charge is 0.195 e. The first-order valence-corrected chi connectivity index (χ1v) is 4.28. The van der Waals surface area contributed by atoms with E-state index in [0.29, 0.717) is 12.5 Å². The van der Waals surface area contributed by atoms with Crippen molar-refractivity contribution in [3.63, 3.8) is 0 Å². The van der Waals surface area contributed by atoms with Crippen LogP contribution in [0, 0.1) is 0 Å². The monoisotopic (exact) mass is 182 g/mol. The number of nitrogens with two attached hydrogens (primary N) is 1. The van der Waals surface area contributed by atoms with Crippen LogP contribution in [0.25, 0.3) is 0 Å². The molecule has 12 heavy (non-hydrogen) atoms. The van der Waals surface area contributed by atoms with Crippen LogP contribution in [-0.2, 0) is 0 Å². The van der Waals surface area contributed by atoms with E-state index in [1.54, 1.807) is 12.3 Å². The van der Waals surface area contributed by atoms with Crippen molar-refractivity contribution >= 4 is 22.4 Å². The van der Waals surface area contributed by atoms with Crippen molar-refractivity contribution in [2.45, 2.75) is 0 Å². The van der Waals surface area contributed by atoms with Gasteiger partial charge in [0, 0.05) is 11.6 Å². The van der Waals surface area contributed by atoms with Gasteiger partial charge >= 0.3 is 0 Å². The number of nitrogens with zero attached hydrogens (tertiary/aromatic N) is 2. The van der Waals surface area contributed by atoms with Crippen molar-refractivity contribution < 1.29 is 0 Å². The van der Waals surface area contributed by atoms with E-state index in [1.165, 1.54) is 11.3 Å². The van der Waals surface area contributed by atoms with Crippen LogP contribution in [0.2, 0.25) is 0 Å². The Morgan fingerprint density at radius 1 is 1.92 bits per heavy atom. The van der Waals surface area contributed by atoms with Crippen LogP contribution in [0.3, 0.4) is 0 Å². The first kappa shape index (κ1) is 8.73. The molecule has 0 unspecified atom stereocenters. The zero-order chi connectivity index (χ0) is 8.81. The van der Waals surface area contributed by atoms with E-state index in [9.17, 15) is 0 Å². The van der Waals surface area contributed by atoms with Gasteiger partial charge in [-0.1, -0.05) is 6.08 Å². The molecule has 0 aliphatic heterocycles. The summed E-state index contributed by atoms with van der Waals surface area (Å²) >= 11 is 1.48. The molecule has 0 saturated carbocycles. The van der Waals surface area contributed by atoms with E-state index >= 15 is 0 Å².